The summed E-state index contributed by atoms with van der Waals surface area (Å²) in [5, 5.41) is 0. The van der Waals surface area contributed by atoms with E-state index in [2.05, 4.69) is 19.1 Å². The second kappa shape index (κ2) is 5.70. The first kappa shape index (κ1) is 14.6. The molecule has 0 aliphatic rings. The van der Waals surface area contributed by atoms with Crippen LogP contribution < -0.4 is 0 Å². The molecule has 0 radical (unpaired) electrons. The van der Waals surface area contributed by atoms with E-state index in [9.17, 15) is 13.2 Å². The van der Waals surface area contributed by atoms with Gasteiger partial charge in [0.15, 0.2) is 0 Å². The lowest BCUT2D eigenvalue weighted by Crippen LogP contribution is -2.05. The fourth-order valence-corrected chi connectivity index (χ4v) is 2.24. The predicted molar refractivity (Wildman–Crippen MR) is 74.8 cm³/mol. The van der Waals surface area contributed by atoms with E-state index in [4.69, 9.17) is 0 Å². The second-order valence-corrected chi connectivity index (χ2v) is 4.94. The van der Waals surface area contributed by atoms with Crippen molar-refractivity contribution < 1.29 is 13.2 Å². The van der Waals surface area contributed by atoms with Crippen molar-refractivity contribution in [3.05, 3.63) is 70.8 Å². The standard InChI is InChI=1S/C17H17F3/c1-3-13-5-4-6-15(11-13)12(2)14-7-9-16(10-8-14)17(18,19)20/h4-12H,3H2,1-2H3. The van der Waals surface area contributed by atoms with Crippen LogP contribution in [0.5, 0.6) is 0 Å². The Hall–Kier alpha value is -1.77. The summed E-state index contributed by atoms with van der Waals surface area (Å²) < 4.78 is 37.6. The molecule has 0 saturated carbocycles. The van der Waals surface area contributed by atoms with E-state index in [1.807, 2.05) is 19.1 Å². The fraction of sp³-hybridized carbons (Fsp3) is 0.294. The van der Waals surface area contributed by atoms with Gasteiger partial charge < -0.3 is 0 Å². The molecule has 0 aliphatic heterocycles. The van der Waals surface area contributed by atoms with Gasteiger partial charge in [0, 0.05) is 5.92 Å². The van der Waals surface area contributed by atoms with Crippen LogP contribution in [0, 0.1) is 0 Å². The van der Waals surface area contributed by atoms with Crippen LogP contribution in [0.15, 0.2) is 48.5 Å². The topological polar surface area (TPSA) is 0 Å². The largest absolute Gasteiger partial charge is 0.416 e. The number of hydrogen-bond donors (Lipinski definition) is 0. The SMILES string of the molecule is CCc1cccc(C(C)c2ccc(C(F)(F)F)cc2)c1. The highest BCUT2D eigenvalue weighted by molar-refractivity contribution is 5.36. The van der Waals surface area contributed by atoms with Crippen LogP contribution in [0.2, 0.25) is 0 Å². The highest BCUT2D eigenvalue weighted by atomic mass is 19.4. The molecule has 106 valence electrons. The van der Waals surface area contributed by atoms with Crippen molar-refractivity contribution in [1.82, 2.24) is 0 Å². The number of rotatable bonds is 3. The summed E-state index contributed by atoms with van der Waals surface area (Å²) in [6.07, 6.45) is -3.32. The van der Waals surface area contributed by atoms with E-state index in [0.717, 1.165) is 29.7 Å². The Morgan fingerprint density at radius 1 is 0.950 bits per heavy atom. The summed E-state index contributed by atoms with van der Waals surface area (Å²) in [5.41, 5.74) is 2.66. The summed E-state index contributed by atoms with van der Waals surface area (Å²) in [5.74, 6) is 0.0868. The molecule has 2 aromatic carbocycles. The van der Waals surface area contributed by atoms with Crippen LogP contribution in [-0.4, -0.2) is 0 Å². The summed E-state index contributed by atoms with van der Waals surface area (Å²) in [6.45, 7) is 4.10. The molecule has 0 heterocycles. The van der Waals surface area contributed by atoms with Crippen LogP contribution in [0.4, 0.5) is 13.2 Å². The number of aryl methyl sites for hydroxylation is 1. The maximum Gasteiger partial charge on any atom is 0.416 e. The maximum absolute atomic E-state index is 12.5. The molecule has 0 spiro atoms. The van der Waals surface area contributed by atoms with Gasteiger partial charge in [-0.3, -0.25) is 0 Å². The van der Waals surface area contributed by atoms with Crippen LogP contribution in [0.3, 0.4) is 0 Å². The third-order valence-corrected chi connectivity index (χ3v) is 3.60. The quantitative estimate of drug-likeness (QED) is 0.703. The molecule has 0 saturated heterocycles. The molecule has 0 amide bonds. The molecular weight excluding hydrogens is 261 g/mol. The number of hydrogen-bond acceptors (Lipinski definition) is 0. The zero-order valence-electron chi connectivity index (χ0n) is 11.5. The van der Waals surface area contributed by atoms with Gasteiger partial charge in [-0.15, -0.1) is 0 Å². The van der Waals surface area contributed by atoms with Crippen molar-refractivity contribution in [2.45, 2.75) is 32.4 Å². The monoisotopic (exact) mass is 278 g/mol. The lowest BCUT2D eigenvalue weighted by molar-refractivity contribution is -0.137. The predicted octanol–water partition coefficient (Wildman–Crippen LogP) is 5.42. The number of halogens is 3. The van der Waals surface area contributed by atoms with Gasteiger partial charge in [0.1, 0.15) is 0 Å². The van der Waals surface area contributed by atoms with Crippen molar-refractivity contribution in [3.8, 4) is 0 Å². The first-order chi connectivity index (χ1) is 9.41. The van der Waals surface area contributed by atoms with E-state index in [-0.39, 0.29) is 5.92 Å². The highest BCUT2D eigenvalue weighted by Crippen LogP contribution is 2.31. The van der Waals surface area contributed by atoms with E-state index in [1.54, 1.807) is 12.1 Å². The normalized spacial score (nSPS) is 13.2. The lowest BCUT2D eigenvalue weighted by atomic mass is 9.91. The van der Waals surface area contributed by atoms with Crippen LogP contribution in [-0.2, 0) is 12.6 Å². The Morgan fingerprint density at radius 3 is 2.15 bits per heavy atom. The molecular formula is C17H17F3. The molecule has 0 bridgehead atoms. The van der Waals surface area contributed by atoms with Gasteiger partial charge in [-0.1, -0.05) is 50.2 Å². The minimum Gasteiger partial charge on any atom is -0.166 e. The Bertz CT molecular complexity index is 568. The average Bonchev–Trinajstić information content (AvgIpc) is 2.46. The van der Waals surface area contributed by atoms with E-state index < -0.39 is 11.7 Å². The minimum atomic E-state index is -4.27. The van der Waals surface area contributed by atoms with Gasteiger partial charge in [0.25, 0.3) is 0 Å². The summed E-state index contributed by atoms with van der Waals surface area (Å²) in [7, 11) is 0. The van der Waals surface area contributed by atoms with Gasteiger partial charge in [-0.05, 0) is 35.2 Å². The second-order valence-electron chi connectivity index (χ2n) is 4.94. The van der Waals surface area contributed by atoms with Crippen LogP contribution >= 0.6 is 0 Å². The van der Waals surface area contributed by atoms with Gasteiger partial charge in [0.05, 0.1) is 5.56 Å². The third kappa shape index (κ3) is 3.21. The Labute approximate surface area is 117 Å². The number of benzene rings is 2. The summed E-state index contributed by atoms with van der Waals surface area (Å²) in [6, 6.07) is 13.6. The van der Waals surface area contributed by atoms with Gasteiger partial charge in [-0.25, -0.2) is 0 Å². The van der Waals surface area contributed by atoms with Gasteiger partial charge in [-0.2, -0.15) is 13.2 Å². The molecule has 0 N–H and O–H groups in total. The highest BCUT2D eigenvalue weighted by Gasteiger charge is 2.30. The van der Waals surface area contributed by atoms with Crippen molar-refractivity contribution >= 4 is 0 Å². The molecule has 1 unspecified atom stereocenters. The molecule has 0 fully saturated rings. The van der Waals surface area contributed by atoms with Gasteiger partial charge in [0.2, 0.25) is 0 Å². The van der Waals surface area contributed by atoms with E-state index in [0.29, 0.717) is 0 Å². The molecule has 0 aromatic heterocycles. The Kier molecular flexibility index (Phi) is 4.17. The van der Waals surface area contributed by atoms with E-state index in [1.165, 1.54) is 5.56 Å². The third-order valence-electron chi connectivity index (χ3n) is 3.60. The molecule has 20 heavy (non-hydrogen) atoms. The van der Waals surface area contributed by atoms with Crippen molar-refractivity contribution in [2.75, 3.05) is 0 Å². The van der Waals surface area contributed by atoms with E-state index >= 15 is 0 Å². The molecule has 1 atom stereocenters. The minimum absolute atomic E-state index is 0.0868. The lowest BCUT2D eigenvalue weighted by Gasteiger charge is -2.15. The molecule has 0 nitrogen and oxygen atoms in total. The maximum atomic E-state index is 12.5. The van der Waals surface area contributed by atoms with Crippen molar-refractivity contribution in [1.29, 1.82) is 0 Å². The van der Waals surface area contributed by atoms with Crippen LogP contribution in [0.1, 0.15) is 42.0 Å². The van der Waals surface area contributed by atoms with Crippen molar-refractivity contribution in [2.24, 2.45) is 0 Å². The first-order valence-corrected chi connectivity index (χ1v) is 6.68. The average molecular weight is 278 g/mol. The Morgan fingerprint density at radius 2 is 1.60 bits per heavy atom. The van der Waals surface area contributed by atoms with Crippen molar-refractivity contribution in [3.63, 3.8) is 0 Å². The molecule has 3 heteroatoms. The van der Waals surface area contributed by atoms with Crippen LogP contribution in [0.25, 0.3) is 0 Å². The molecule has 2 rings (SSSR count). The Balaban J connectivity index is 2.26. The molecule has 0 aliphatic carbocycles. The smallest absolute Gasteiger partial charge is 0.166 e. The summed E-state index contributed by atoms with van der Waals surface area (Å²) >= 11 is 0. The summed E-state index contributed by atoms with van der Waals surface area (Å²) in [4.78, 5) is 0. The fourth-order valence-electron chi connectivity index (χ4n) is 2.24. The zero-order valence-corrected chi connectivity index (χ0v) is 11.5. The van der Waals surface area contributed by atoms with Gasteiger partial charge >= 0.3 is 6.18 Å². The first-order valence-electron chi connectivity index (χ1n) is 6.68. The zero-order chi connectivity index (χ0) is 14.8. The number of alkyl halides is 3. The molecule has 2 aromatic rings.